The van der Waals surface area contributed by atoms with Crippen LogP contribution in [-0.2, 0) is 16.4 Å². The molecule has 0 aliphatic heterocycles. The predicted molar refractivity (Wildman–Crippen MR) is 71.2 cm³/mol. The van der Waals surface area contributed by atoms with Crippen LogP contribution in [0.5, 0.6) is 0 Å². The fourth-order valence-corrected chi connectivity index (χ4v) is 2.40. The zero-order valence-corrected chi connectivity index (χ0v) is 11.2. The number of aromatic nitrogens is 2. The fraction of sp³-hybridized carbons (Fsp3) is 0.417. The topological polar surface area (TPSA) is 63.5 Å². The molecule has 0 saturated carbocycles. The summed E-state index contributed by atoms with van der Waals surface area (Å²) in [6.07, 6.45) is 3.88. The van der Waals surface area contributed by atoms with Crippen molar-refractivity contribution in [2.45, 2.75) is 13.5 Å². The Bertz CT molecular complexity index is 586. The van der Waals surface area contributed by atoms with Gasteiger partial charge in [0.25, 0.3) is 0 Å². The van der Waals surface area contributed by atoms with Crippen LogP contribution in [0.15, 0.2) is 30.6 Å². The lowest BCUT2D eigenvalue weighted by Crippen LogP contribution is -2.23. The quantitative estimate of drug-likeness (QED) is 0.788. The molecule has 0 spiro atoms. The van der Waals surface area contributed by atoms with Crippen LogP contribution < -0.4 is 5.32 Å². The number of hydrogen-bond donors (Lipinski definition) is 1. The number of rotatable bonds is 6. The Hall–Kier alpha value is -1.40. The molecule has 0 saturated heterocycles. The molecule has 0 aromatic carbocycles. The highest BCUT2D eigenvalue weighted by atomic mass is 32.2. The van der Waals surface area contributed by atoms with Gasteiger partial charge in [-0.05, 0) is 12.1 Å². The Morgan fingerprint density at radius 2 is 2.22 bits per heavy atom. The second-order valence-electron chi connectivity index (χ2n) is 4.11. The Labute approximate surface area is 107 Å². The molecule has 98 valence electrons. The summed E-state index contributed by atoms with van der Waals surface area (Å²) in [6.45, 7) is 2.71. The van der Waals surface area contributed by atoms with E-state index < -0.39 is 9.84 Å². The van der Waals surface area contributed by atoms with Crippen LogP contribution in [0.1, 0.15) is 12.6 Å². The summed E-state index contributed by atoms with van der Waals surface area (Å²) in [4.78, 5) is 4.42. The Balaban J connectivity index is 1.87. The van der Waals surface area contributed by atoms with Crippen molar-refractivity contribution in [2.75, 3.05) is 18.1 Å². The lowest BCUT2D eigenvalue weighted by atomic mass is 10.5. The molecule has 5 nitrogen and oxygen atoms in total. The summed E-state index contributed by atoms with van der Waals surface area (Å²) >= 11 is 0. The van der Waals surface area contributed by atoms with E-state index in [0.717, 1.165) is 11.3 Å². The van der Waals surface area contributed by atoms with Gasteiger partial charge in [0.05, 0.1) is 11.4 Å². The van der Waals surface area contributed by atoms with Crippen molar-refractivity contribution >= 4 is 15.5 Å². The van der Waals surface area contributed by atoms with Crippen molar-refractivity contribution < 1.29 is 8.42 Å². The normalized spacial score (nSPS) is 12.1. The maximum atomic E-state index is 11.3. The Morgan fingerprint density at radius 1 is 1.39 bits per heavy atom. The second kappa shape index (κ2) is 5.49. The lowest BCUT2D eigenvalue weighted by Gasteiger charge is -2.02. The number of nitrogens with one attached hydrogen (secondary N) is 1. The van der Waals surface area contributed by atoms with Gasteiger partial charge in [0, 0.05) is 31.2 Å². The van der Waals surface area contributed by atoms with E-state index in [2.05, 4.69) is 10.3 Å². The van der Waals surface area contributed by atoms with Gasteiger partial charge < -0.3 is 9.72 Å². The highest BCUT2D eigenvalue weighted by Gasteiger charge is 2.06. The molecule has 0 radical (unpaired) electrons. The highest BCUT2D eigenvalue weighted by Crippen LogP contribution is 2.03. The van der Waals surface area contributed by atoms with Crippen molar-refractivity contribution in [3.05, 3.63) is 36.3 Å². The van der Waals surface area contributed by atoms with E-state index in [9.17, 15) is 8.42 Å². The summed E-state index contributed by atoms with van der Waals surface area (Å²) in [6, 6.07) is 5.82. The average Bonchev–Trinajstić information content (AvgIpc) is 2.77. The molecule has 6 heteroatoms. The van der Waals surface area contributed by atoms with Crippen LogP contribution in [0.2, 0.25) is 0 Å². The van der Waals surface area contributed by atoms with E-state index in [1.807, 2.05) is 35.0 Å². The van der Waals surface area contributed by atoms with E-state index in [4.69, 9.17) is 0 Å². The first-order chi connectivity index (χ1) is 8.61. The molecule has 2 heterocycles. The summed E-state index contributed by atoms with van der Waals surface area (Å²) in [5.41, 5.74) is 1.81. The third-order valence-corrected chi connectivity index (χ3v) is 4.46. The van der Waals surface area contributed by atoms with Crippen LogP contribution >= 0.6 is 0 Å². The van der Waals surface area contributed by atoms with Gasteiger partial charge in [-0.25, -0.2) is 13.4 Å². The smallest absolute Gasteiger partial charge is 0.151 e. The largest absolute Gasteiger partial charge is 0.310 e. The number of hydrogen-bond acceptors (Lipinski definition) is 4. The van der Waals surface area contributed by atoms with Crippen molar-refractivity contribution in [3.8, 4) is 0 Å². The van der Waals surface area contributed by atoms with E-state index >= 15 is 0 Å². The highest BCUT2D eigenvalue weighted by molar-refractivity contribution is 7.91. The molecule has 18 heavy (non-hydrogen) atoms. The van der Waals surface area contributed by atoms with E-state index in [0.29, 0.717) is 13.1 Å². The van der Waals surface area contributed by atoms with Gasteiger partial charge in [0.1, 0.15) is 5.65 Å². The number of imidazole rings is 1. The van der Waals surface area contributed by atoms with Gasteiger partial charge in [-0.1, -0.05) is 13.0 Å². The standard InChI is InChI=1S/C12H17N3O2S/c1-2-18(16,17)8-6-13-9-11-10-15-7-4-3-5-12(15)14-11/h3-5,7,10,13H,2,6,8-9H2,1H3. The zero-order valence-electron chi connectivity index (χ0n) is 10.3. The van der Waals surface area contributed by atoms with Gasteiger partial charge in [0.15, 0.2) is 9.84 Å². The molecule has 0 fully saturated rings. The summed E-state index contributed by atoms with van der Waals surface area (Å²) < 4.78 is 24.5. The third kappa shape index (κ3) is 3.30. The van der Waals surface area contributed by atoms with Gasteiger partial charge in [-0.15, -0.1) is 0 Å². The second-order valence-corrected chi connectivity index (χ2v) is 6.58. The summed E-state index contributed by atoms with van der Waals surface area (Å²) in [7, 11) is -2.89. The van der Waals surface area contributed by atoms with E-state index in [-0.39, 0.29) is 11.5 Å². The number of sulfone groups is 1. The summed E-state index contributed by atoms with van der Waals surface area (Å²) in [5, 5.41) is 3.10. The van der Waals surface area contributed by atoms with Crippen LogP contribution in [0, 0.1) is 0 Å². The van der Waals surface area contributed by atoms with E-state index in [1.165, 1.54) is 0 Å². The van der Waals surface area contributed by atoms with Crippen molar-refractivity contribution in [1.29, 1.82) is 0 Å². The molecule has 1 N–H and O–H groups in total. The monoisotopic (exact) mass is 267 g/mol. The minimum absolute atomic E-state index is 0.177. The van der Waals surface area contributed by atoms with Crippen molar-refractivity contribution in [2.24, 2.45) is 0 Å². The minimum Gasteiger partial charge on any atom is -0.310 e. The molecule has 0 amide bonds. The van der Waals surface area contributed by atoms with Crippen molar-refractivity contribution in [3.63, 3.8) is 0 Å². The Kier molecular flexibility index (Phi) is 3.98. The first kappa shape index (κ1) is 13.0. The van der Waals surface area contributed by atoms with Gasteiger partial charge >= 0.3 is 0 Å². The van der Waals surface area contributed by atoms with Gasteiger partial charge in [-0.2, -0.15) is 0 Å². The van der Waals surface area contributed by atoms with Gasteiger partial charge in [0.2, 0.25) is 0 Å². The van der Waals surface area contributed by atoms with Crippen LogP contribution in [0.4, 0.5) is 0 Å². The number of fused-ring (bicyclic) bond motifs is 1. The molecule has 0 unspecified atom stereocenters. The van der Waals surface area contributed by atoms with Gasteiger partial charge in [-0.3, -0.25) is 0 Å². The van der Waals surface area contributed by atoms with Crippen LogP contribution in [-0.4, -0.2) is 35.9 Å². The molecular weight excluding hydrogens is 250 g/mol. The molecule has 0 aliphatic rings. The Morgan fingerprint density at radius 3 is 2.94 bits per heavy atom. The molecule has 0 atom stereocenters. The molecule has 2 aromatic rings. The van der Waals surface area contributed by atoms with Crippen LogP contribution in [0.3, 0.4) is 0 Å². The van der Waals surface area contributed by atoms with Crippen LogP contribution in [0.25, 0.3) is 5.65 Å². The number of nitrogens with zero attached hydrogens (tertiary/aromatic N) is 2. The molecule has 0 aliphatic carbocycles. The molecular formula is C12H17N3O2S. The predicted octanol–water partition coefficient (Wildman–Crippen LogP) is 0.859. The zero-order chi connectivity index (χ0) is 13.0. The van der Waals surface area contributed by atoms with Crippen molar-refractivity contribution in [1.82, 2.24) is 14.7 Å². The lowest BCUT2D eigenvalue weighted by molar-refractivity contribution is 0.591. The molecule has 2 aromatic heterocycles. The average molecular weight is 267 g/mol. The van der Waals surface area contributed by atoms with E-state index in [1.54, 1.807) is 6.92 Å². The SMILES string of the molecule is CCS(=O)(=O)CCNCc1cn2ccccc2n1. The number of pyridine rings is 1. The first-order valence-electron chi connectivity index (χ1n) is 5.94. The maximum Gasteiger partial charge on any atom is 0.151 e. The fourth-order valence-electron chi connectivity index (χ4n) is 1.66. The third-order valence-electron chi connectivity index (χ3n) is 2.75. The summed E-state index contributed by atoms with van der Waals surface area (Å²) in [5.74, 6) is 0.375. The minimum atomic E-state index is -2.89. The molecule has 2 rings (SSSR count). The maximum absolute atomic E-state index is 11.3. The molecule has 0 bridgehead atoms. The first-order valence-corrected chi connectivity index (χ1v) is 7.76.